The average Bonchev–Trinajstić information content (AvgIpc) is 2.75. The molecule has 0 aliphatic heterocycles. The highest BCUT2D eigenvalue weighted by atomic mass is 19.1. The van der Waals surface area contributed by atoms with Gasteiger partial charge < -0.3 is 15.4 Å². The number of rotatable bonds is 7. The molecule has 0 bridgehead atoms. The molecule has 1 atom stereocenters. The van der Waals surface area contributed by atoms with E-state index in [-0.39, 0.29) is 22.9 Å². The summed E-state index contributed by atoms with van der Waals surface area (Å²) < 4.78 is 32.4. The van der Waals surface area contributed by atoms with Crippen LogP contribution in [0.3, 0.4) is 0 Å². The topological polar surface area (TPSA) is 67.4 Å². The molecular formula is C23H20F2N2O3. The number of hydrogen-bond acceptors (Lipinski definition) is 3. The van der Waals surface area contributed by atoms with Crippen LogP contribution in [0.25, 0.3) is 0 Å². The van der Waals surface area contributed by atoms with E-state index in [1.54, 1.807) is 24.3 Å². The highest BCUT2D eigenvalue weighted by Crippen LogP contribution is 2.21. The number of carbonyl (C=O) groups excluding carboxylic acids is 2. The second kappa shape index (κ2) is 9.65. The van der Waals surface area contributed by atoms with Crippen molar-refractivity contribution in [2.75, 3.05) is 5.32 Å². The fourth-order valence-electron chi connectivity index (χ4n) is 2.70. The van der Waals surface area contributed by atoms with Gasteiger partial charge in [-0.05, 0) is 36.8 Å². The number of para-hydroxylation sites is 1. The molecule has 0 aromatic heterocycles. The lowest BCUT2D eigenvalue weighted by Gasteiger charge is -2.17. The van der Waals surface area contributed by atoms with E-state index in [4.69, 9.17) is 4.74 Å². The van der Waals surface area contributed by atoms with Crippen LogP contribution >= 0.6 is 0 Å². The van der Waals surface area contributed by atoms with Crippen molar-refractivity contribution in [3.8, 4) is 5.75 Å². The lowest BCUT2D eigenvalue weighted by molar-refractivity contribution is -0.122. The number of anilines is 1. The Morgan fingerprint density at radius 2 is 1.67 bits per heavy atom. The van der Waals surface area contributed by atoms with Crippen molar-refractivity contribution in [2.24, 2.45) is 0 Å². The van der Waals surface area contributed by atoms with Gasteiger partial charge in [-0.2, -0.15) is 0 Å². The van der Waals surface area contributed by atoms with Gasteiger partial charge in [-0.15, -0.1) is 0 Å². The van der Waals surface area contributed by atoms with Crippen molar-refractivity contribution >= 4 is 17.5 Å². The summed E-state index contributed by atoms with van der Waals surface area (Å²) in [6.45, 7) is 1.81. The Kier molecular flexibility index (Phi) is 6.75. The van der Waals surface area contributed by atoms with E-state index in [0.717, 1.165) is 17.7 Å². The number of nitrogens with one attached hydrogen (secondary N) is 2. The first-order chi connectivity index (χ1) is 14.4. The molecule has 5 nitrogen and oxygen atoms in total. The van der Waals surface area contributed by atoms with E-state index in [2.05, 4.69) is 10.6 Å². The fourth-order valence-corrected chi connectivity index (χ4v) is 2.70. The number of carbonyl (C=O) groups is 2. The summed E-state index contributed by atoms with van der Waals surface area (Å²) in [6.07, 6.45) is -1.03. The largest absolute Gasteiger partial charge is 0.480 e. The molecule has 3 aromatic rings. The molecule has 2 amide bonds. The second-order valence-corrected chi connectivity index (χ2v) is 6.54. The minimum atomic E-state index is -1.03. The number of halogens is 2. The summed E-state index contributed by atoms with van der Waals surface area (Å²) in [5.41, 5.74) is 1.05. The van der Waals surface area contributed by atoms with Crippen molar-refractivity contribution in [3.05, 3.63) is 95.6 Å². The van der Waals surface area contributed by atoms with Gasteiger partial charge in [0, 0.05) is 12.6 Å². The van der Waals surface area contributed by atoms with Crippen LogP contribution in [0, 0.1) is 11.6 Å². The van der Waals surface area contributed by atoms with Crippen LogP contribution in [0.2, 0.25) is 0 Å². The molecule has 30 heavy (non-hydrogen) atoms. The Morgan fingerprint density at radius 1 is 0.967 bits per heavy atom. The SMILES string of the molecule is C[C@H](Oc1ccccc1C(=O)NCc1ccccc1)C(=O)Nc1ccc(F)cc1F. The molecule has 0 fully saturated rings. The monoisotopic (exact) mass is 410 g/mol. The lowest BCUT2D eigenvalue weighted by atomic mass is 10.1. The number of ether oxygens (including phenoxy) is 1. The molecule has 0 saturated carbocycles. The van der Waals surface area contributed by atoms with Crippen molar-refractivity contribution in [2.45, 2.75) is 19.6 Å². The summed E-state index contributed by atoms with van der Waals surface area (Å²) in [7, 11) is 0. The van der Waals surface area contributed by atoms with Crippen molar-refractivity contribution < 1.29 is 23.1 Å². The maximum absolute atomic E-state index is 13.7. The first-order valence-electron chi connectivity index (χ1n) is 9.28. The molecule has 2 N–H and O–H groups in total. The van der Waals surface area contributed by atoms with Crippen LogP contribution in [0.1, 0.15) is 22.8 Å². The average molecular weight is 410 g/mol. The Hall–Kier alpha value is -3.74. The standard InChI is InChI=1S/C23H20F2N2O3/c1-15(22(28)27-20-12-11-17(24)13-19(20)25)30-21-10-6-5-9-18(21)23(29)26-14-16-7-3-2-4-8-16/h2-13,15H,14H2,1H3,(H,26,29)(H,27,28)/t15-/m0/s1. The van der Waals surface area contributed by atoms with Gasteiger partial charge in [0.05, 0.1) is 11.3 Å². The van der Waals surface area contributed by atoms with Crippen LogP contribution in [0.15, 0.2) is 72.8 Å². The highest BCUT2D eigenvalue weighted by molar-refractivity contribution is 5.97. The molecular weight excluding hydrogens is 390 g/mol. The summed E-state index contributed by atoms with van der Waals surface area (Å²) >= 11 is 0. The van der Waals surface area contributed by atoms with E-state index in [0.29, 0.717) is 12.6 Å². The second-order valence-electron chi connectivity index (χ2n) is 6.54. The molecule has 0 aliphatic carbocycles. The molecule has 154 valence electrons. The van der Waals surface area contributed by atoms with Crippen molar-refractivity contribution in [1.82, 2.24) is 5.32 Å². The molecule has 0 aliphatic rings. The van der Waals surface area contributed by atoms with E-state index >= 15 is 0 Å². The Morgan fingerprint density at radius 3 is 2.40 bits per heavy atom. The predicted molar refractivity (Wildman–Crippen MR) is 109 cm³/mol. The molecule has 0 unspecified atom stereocenters. The Labute approximate surface area is 172 Å². The van der Waals surface area contributed by atoms with Gasteiger partial charge in [0.1, 0.15) is 17.4 Å². The minimum absolute atomic E-state index is 0.161. The molecule has 0 saturated heterocycles. The quantitative estimate of drug-likeness (QED) is 0.610. The summed E-state index contributed by atoms with van der Waals surface area (Å²) in [4.78, 5) is 24.9. The fraction of sp³-hybridized carbons (Fsp3) is 0.130. The molecule has 7 heteroatoms. The predicted octanol–water partition coefficient (Wildman–Crippen LogP) is 4.30. The maximum Gasteiger partial charge on any atom is 0.265 e. The van der Waals surface area contributed by atoms with Crippen LogP contribution < -0.4 is 15.4 Å². The first-order valence-corrected chi connectivity index (χ1v) is 9.28. The highest BCUT2D eigenvalue weighted by Gasteiger charge is 2.20. The maximum atomic E-state index is 13.7. The Bertz CT molecular complexity index is 1040. The molecule has 0 heterocycles. The van der Waals surface area contributed by atoms with Crippen molar-refractivity contribution in [1.29, 1.82) is 0 Å². The van der Waals surface area contributed by atoms with Gasteiger partial charge in [-0.25, -0.2) is 8.78 Å². The molecule has 3 rings (SSSR count). The van der Waals surface area contributed by atoms with Gasteiger partial charge >= 0.3 is 0 Å². The third kappa shape index (κ3) is 5.41. The number of amides is 2. The van der Waals surface area contributed by atoms with Crippen LogP contribution in [0.4, 0.5) is 14.5 Å². The van der Waals surface area contributed by atoms with E-state index in [1.165, 1.54) is 6.92 Å². The normalized spacial score (nSPS) is 11.4. The third-order valence-electron chi connectivity index (χ3n) is 4.29. The van der Waals surface area contributed by atoms with Gasteiger partial charge in [0.2, 0.25) is 0 Å². The minimum Gasteiger partial charge on any atom is -0.480 e. The van der Waals surface area contributed by atoms with Gasteiger partial charge in [-0.1, -0.05) is 42.5 Å². The van der Waals surface area contributed by atoms with Gasteiger partial charge in [0.15, 0.2) is 6.10 Å². The molecule has 3 aromatic carbocycles. The third-order valence-corrected chi connectivity index (χ3v) is 4.29. The van der Waals surface area contributed by atoms with Crippen LogP contribution in [0.5, 0.6) is 5.75 Å². The van der Waals surface area contributed by atoms with E-state index < -0.39 is 23.6 Å². The molecule has 0 spiro atoms. The van der Waals surface area contributed by atoms with E-state index in [1.807, 2.05) is 30.3 Å². The van der Waals surface area contributed by atoms with Crippen LogP contribution in [-0.2, 0) is 11.3 Å². The summed E-state index contributed by atoms with van der Waals surface area (Å²) in [5.74, 6) is -2.42. The lowest BCUT2D eigenvalue weighted by Crippen LogP contribution is -2.31. The van der Waals surface area contributed by atoms with E-state index in [9.17, 15) is 18.4 Å². The molecule has 0 radical (unpaired) electrons. The van der Waals surface area contributed by atoms with Gasteiger partial charge in [0.25, 0.3) is 11.8 Å². The first kappa shape index (κ1) is 21.0. The smallest absolute Gasteiger partial charge is 0.265 e. The zero-order chi connectivity index (χ0) is 21.5. The number of benzene rings is 3. The number of hydrogen-bond donors (Lipinski definition) is 2. The van der Waals surface area contributed by atoms with Gasteiger partial charge in [-0.3, -0.25) is 9.59 Å². The zero-order valence-electron chi connectivity index (χ0n) is 16.2. The zero-order valence-corrected chi connectivity index (χ0v) is 16.2. The Balaban J connectivity index is 1.65. The van der Waals surface area contributed by atoms with Crippen molar-refractivity contribution in [3.63, 3.8) is 0 Å². The summed E-state index contributed by atoms with van der Waals surface area (Å²) in [5, 5.41) is 5.15. The van der Waals surface area contributed by atoms with Crippen LogP contribution in [-0.4, -0.2) is 17.9 Å². The summed E-state index contributed by atoms with van der Waals surface area (Å²) in [6, 6.07) is 18.8.